The van der Waals surface area contributed by atoms with Gasteiger partial charge >= 0.3 is 0 Å². The van der Waals surface area contributed by atoms with Crippen LogP contribution in [-0.2, 0) is 6.54 Å². The van der Waals surface area contributed by atoms with Gasteiger partial charge < -0.3 is 19.3 Å². The molecule has 1 N–H and O–H groups in total. The average Bonchev–Trinajstić information content (AvgIpc) is 3.28. The second-order valence-electron chi connectivity index (χ2n) is 6.75. The van der Waals surface area contributed by atoms with E-state index in [4.69, 9.17) is 14.0 Å². The van der Waals surface area contributed by atoms with Crippen LogP contribution < -0.4 is 14.8 Å². The number of nitrogens with zero attached hydrogens (tertiary/aromatic N) is 3. The number of methoxy groups -OCH3 is 2. The summed E-state index contributed by atoms with van der Waals surface area (Å²) in [6.07, 6.45) is 1.71. The molecule has 0 radical (unpaired) electrons. The Morgan fingerprint density at radius 2 is 1.73 bits per heavy atom. The highest BCUT2D eigenvalue weighted by molar-refractivity contribution is 5.60. The molecule has 152 valence electrons. The first-order valence-electron chi connectivity index (χ1n) is 9.48. The maximum atomic E-state index is 5.41. The van der Waals surface area contributed by atoms with E-state index in [0.717, 1.165) is 34.0 Å². The third kappa shape index (κ3) is 4.25. The number of benzene rings is 2. The highest BCUT2D eigenvalue weighted by Gasteiger charge is 2.11. The number of hydrogen-bond acceptors (Lipinski definition) is 7. The fourth-order valence-corrected chi connectivity index (χ4v) is 2.99. The van der Waals surface area contributed by atoms with Gasteiger partial charge in [0.15, 0.2) is 0 Å². The monoisotopic (exact) mass is 402 g/mol. The van der Waals surface area contributed by atoms with Gasteiger partial charge in [0.1, 0.15) is 17.3 Å². The Balaban J connectivity index is 1.45. The van der Waals surface area contributed by atoms with E-state index >= 15 is 0 Å². The molecule has 2 aromatic carbocycles. The summed E-state index contributed by atoms with van der Waals surface area (Å²) in [6, 6.07) is 17.4. The minimum atomic E-state index is 0.430. The average molecular weight is 402 g/mol. The van der Waals surface area contributed by atoms with Crippen LogP contribution in [-0.4, -0.2) is 29.3 Å². The first kappa shape index (κ1) is 19.4. The van der Waals surface area contributed by atoms with Gasteiger partial charge in [-0.25, -0.2) is 4.98 Å². The lowest BCUT2D eigenvalue weighted by molar-refractivity contribution is 0.399. The first-order valence-corrected chi connectivity index (χ1v) is 9.48. The second kappa shape index (κ2) is 8.65. The number of aryl methyl sites for hydroxylation is 1. The zero-order valence-corrected chi connectivity index (χ0v) is 17.0. The SMILES string of the molecule is COc1ccc(OC)c(CNc2ccc(-c3nc(-c4ccc(C)cc4)no3)cn2)c1. The van der Waals surface area contributed by atoms with Crippen LogP contribution in [0.3, 0.4) is 0 Å². The normalized spacial score (nSPS) is 10.6. The minimum Gasteiger partial charge on any atom is -0.497 e. The number of rotatable bonds is 7. The number of ether oxygens (including phenoxy) is 2. The lowest BCUT2D eigenvalue weighted by Crippen LogP contribution is -2.03. The summed E-state index contributed by atoms with van der Waals surface area (Å²) in [5.74, 6) is 3.27. The van der Waals surface area contributed by atoms with Crippen LogP contribution in [0.1, 0.15) is 11.1 Å². The van der Waals surface area contributed by atoms with Gasteiger partial charge in [-0.15, -0.1) is 0 Å². The van der Waals surface area contributed by atoms with Gasteiger partial charge in [-0.3, -0.25) is 0 Å². The van der Waals surface area contributed by atoms with Gasteiger partial charge in [0.25, 0.3) is 5.89 Å². The molecule has 0 bridgehead atoms. The molecule has 0 saturated carbocycles. The summed E-state index contributed by atoms with van der Waals surface area (Å²) < 4.78 is 16.1. The van der Waals surface area contributed by atoms with Crippen LogP contribution in [0.5, 0.6) is 11.5 Å². The molecule has 2 heterocycles. The van der Waals surface area contributed by atoms with E-state index in [-0.39, 0.29) is 0 Å². The number of pyridine rings is 1. The molecule has 4 rings (SSSR count). The van der Waals surface area contributed by atoms with Crippen molar-refractivity contribution in [2.45, 2.75) is 13.5 Å². The summed E-state index contributed by atoms with van der Waals surface area (Å²) in [5, 5.41) is 7.36. The molecule has 0 unspecified atom stereocenters. The predicted molar refractivity (Wildman–Crippen MR) is 115 cm³/mol. The summed E-state index contributed by atoms with van der Waals surface area (Å²) in [4.78, 5) is 8.93. The molecule has 0 aliphatic rings. The highest BCUT2D eigenvalue weighted by Crippen LogP contribution is 2.26. The van der Waals surface area contributed by atoms with Crippen LogP contribution in [0, 0.1) is 6.92 Å². The minimum absolute atomic E-state index is 0.430. The second-order valence-corrected chi connectivity index (χ2v) is 6.75. The van der Waals surface area contributed by atoms with Crippen molar-refractivity contribution in [3.8, 4) is 34.3 Å². The predicted octanol–water partition coefficient (Wildman–Crippen LogP) is 4.74. The Morgan fingerprint density at radius 1 is 0.933 bits per heavy atom. The lowest BCUT2D eigenvalue weighted by Gasteiger charge is -2.11. The molecular formula is C23H22N4O3. The summed E-state index contributed by atoms with van der Waals surface area (Å²) in [5.41, 5.74) is 3.82. The summed E-state index contributed by atoms with van der Waals surface area (Å²) in [6.45, 7) is 2.59. The van der Waals surface area contributed by atoms with Crippen molar-refractivity contribution in [2.24, 2.45) is 0 Å². The highest BCUT2D eigenvalue weighted by atomic mass is 16.5. The van der Waals surface area contributed by atoms with Crippen LogP contribution in [0.25, 0.3) is 22.8 Å². The van der Waals surface area contributed by atoms with E-state index in [1.165, 1.54) is 5.56 Å². The Labute approximate surface area is 174 Å². The number of nitrogens with one attached hydrogen (secondary N) is 1. The van der Waals surface area contributed by atoms with E-state index < -0.39 is 0 Å². The van der Waals surface area contributed by atoms with Gasteiger partial charge in [-0.2, -0.15) is 4.98 Å². The van der Waals surface area contributed by atoms with Crippen molar-refractivity contribution in [3.05, 3.63) is 71.9 Å². The van der Waals surface area contributed by atoms with Gasteiger partial charge in [-0.1, -0.05) is 35.0 Å². The molecule has 0 saturated heterocycles. The van der Waals surface area contributed by atoms with Crippen LogP contribution in [0.4, 0.5) is 5.82 Å². The first-order chi connectivity index (χ1) is 14.7. The van der Waals surface area contributed by atoms with E-state index in [0.29, 0.717) is 18.3 Å². The number of anilines is 1. The van der Waals surface area contributed by atoms with Gasteiger partial charge in [0, 0.05) is 23.9 Å². The van der Waals surface area contributed by atoms with E-state index in [1.54, 1.807) is 20.4 Å². The molecule has 0 aliphatic heterocycles. The number of aromatic nitrogens is 3. The van der Waals surface area contributed by atoms with Crippen LogP contribution in [0.15, 0.2) is 65.3 Å². The summed E-state index contributed by atoms with van der Waals surface area (Å²) >= 11 is 0. The Morgan fingerprint density at radius 3 is 2.43 bits per heavy atom. The van der Waals surface area contributed by atoms with Crippen molar-refractivity contribution >= 4 is 5.82 Å². The fraction of sp³-hybridized carbons (Fsp3) is 0.174. The molecule has 7 nitrogen and oxygen atoms in total. The number of hydrogen-bond donors (Lipinski definition) is 1. The Bertz CT molecular complexity index is 1120. The Kier molecular flexibility index (Phi) is 5.61. The zero-order chi connectivity index (χ0) is 20.9. The molecule has 4 aromatic rings. The van der Waals surface area contributed by atoms with Crippen molar-refractivity contribution in [1.82, 2.24) is 15.1 Å². The third-order valence-electron chi connectivity index (χ3n) is 4.69. The molecule has 2 aromatic heterocycles. The van der Waals surface area contributed by atoms with E-state index in [2.05, 4.69) is 20.4 Å². The van der Waals surface area contributed by atoms with Gasteiger partial charge in [0.05, 0.1) is 19.8 Å². The van der Waals surface area contributed by atoms with E-state index in [1.807, 2.05) is 61.5 Å². The molecule has 0 atom stereocenters. The van der Waals surface area contributed by atoms with Crippen molar-refractivity contribution in [3.63, 3.8) is 0 Å². The Hall–Kier alpha value is -3.87. The quantitative estimate of drug-likeness (QED) is 0.478. The molecule has 0 spiro atoms. The fourth-order valence-electron chi connectivity index (χ4n) is 2.99. The van der Waals surface area contributed by atoms with Crippen LogP contribution >= 0.6 is 0 Å². The maximum Gasteiger partial charge on any atom is 0.259 e. The molecule has 0 aliphatic carbocycles. The molecule has 0 fully saturated rings. The van der Waals surface area contributed by atoms with Crippen LogP contribution in [0.2, 0.25) is 0 Å². The van der Waals surface area contributed by atoms with Gasteiger partial charge in [0.2, 0.25) is 5.82 Å². The molecule has 7 heteroatoms. The third-order valence-corrected chi connectivity index (χ3v) is 4.69. The van der Waals surface area contributed by atoms with E-state index in [9.17, 15) is 0 Å². The topological polar surface area (TPSA) is 82.3 Å². The standard InChI is InChI=1S/C23H22N4O3/c1-15-4-6-16(7-5-15)22-26-23(30-27-22)17-8-11-21(24-13-17)25-14-18-12-19(28-2)9-10-20(18)29-3/h4-13H,14H2,1-3H3,(H,24,25). The molecule has 0 amide bonds. The smallest absolute Gasteiger partial charge is 0.259 e. The largest absolute Gasteiger partial charge is 0.497 e. The van der Waals surface area contributed by atoms with Crippen molar-refractivity contribution < 1.29 is 14.0 Å². The van der Waals surface area contributed by atoms with Crippen molar-refractivity contribution in [1.29, 1.82) is 0 Å². The van der Waals surface area contributed by atoms with Gasteiger partial charge in [-0.05, 0) is 37.3 Å². The lowest BCUT2D eigenvalue weighted by atomic mass is 10.1. The maximum absolute atomic E-state index is 5.41. The molecular weight excluding hydrogens is 380 g/mol. The molecule has 30 heavy (non-hydrogen) atoms. The van der Waals surface area contributed by atoms with Crippen molar-refractivity contribution in [2.75, 3.05) is 19.5 Å². The summed E-state index contributed by atoms with van der Waals surface area (Å²) in [7, 11) is 3.29. The zero-order valence-electron chi connectivity index (χ0n) is 17.0.